The average Bonchev–Trinajstić information content (AvgIpc) is 2.88. The topological polar surface area (TPSA) is 96.0 Å². The van der Waals surface area contributed by atoms with Crippen molar-refractivity contribution < 1.29 is 9.59 Å². The van der Waals surface area contributed by atoms with Crippen molar-refractivity contribution in [2.45, 2.75) is 17.7 Å². The van der Waals surface area contributed by atoms with E-state index in [4.69, 9.17) is 0 Å². The summed E-state index contributed by atoms with van der Waals surface area (Å²) >= 11 is 2.58. The van der Waals surface area contributed by atoms with E-state index in [1.165, 1.54) is 23.1 Å². The van der Waals surface area contributed by atoms with Crippen molar-refractivity contribution >= 4 is 40.2 Å². The Hall–Kier alpha value is -1.61. The highest BCUT2D eigenvalue weighted by Gasteiger charge is 2.10. The van der Waals surface area contributed by atoms with Crippen LogP contribution in [0.2, 0.25) is 0 Å². The van der Waals surface area contributed by atoms with E-state index < -0.39 is 6.03 Å². The Labute approximate surface area is 125 Å². The van der Waals surface area contributed by atoms with Gasteiger partial charge in [-0.25, -0.2) is 4.79 Å². The first-order chi connectivity index (χ1) is 9.65. The van der Waals surface area contributed by atoms with Crippen LogP contribution >= 0.6 is 23.1 Å². The molecule has 1 rings (SSSR count). The number of carbonyl (C=O) groups excluding carboxylic acids is 2. The van der Waals surface area contributed by atoms with E-state index in [1.54, 1.807) is 6.08 Å². The molecular formula is C11H17N5O2S2. The number of carbonyl (C=O) groups is 2. The first kappa shape index (κ1) is 16.4. The Morgan fingerprint density at radius 2 is 2.25 bits per heavy atom. The normalized spacial score (nSPS) is 9.85. The van der Waals surface area contributed by atoms with E-state index in [0.717, 1.165) is 6.42 Å². The Kier molecular flexibility index (Phi) is 7.66. The second-order valence-electron chi connectivity index (χ2n) is 3.64. The monoisotopic (exact) mass is 315 g/mol. The number of amides is 3. The van der Waals surface area contributed by atoms with Gasteiger partial charge in [0.15, 0.2) is 4.34 Å². The summed E-state index contributed by atoms with van der Waals surface area (Å²) in [7, 11) is 0. The van der Waals surface area contributed by atoms with Gasteiger partial charge in [-0.1, -0.05) is 36.1 Å². The summed E-state index contributed by atoms with van der Waals surface area (Å²) in [6, 6.07) is -0.469. The lowest BCUT2D eigenvalue weighted by molar-refractivity contribution is -0.117. The van der Waals surface area contributed by atoms with E-state index in [1.807, 2.05) is 6.92 Å². The molecule has 0 unspecified atom stereocenters. The zero-order chi connectivity index (χ0) is 14.8. The Balaban J connectivity index is 2.28. The third-order valence-corrected chi connectivity index (χ3v) is 3.93. The fourth-order valence-electron chi connectivity index (χ4n) is 1.07. The molecule has 0 fully saturated rings. The minimum Gasteiger partial charge on any atom is -0.357 e. The van der Waals surface area contributed by atoms with Crippen LogP contribution in [-0.4, -0.2) is 41.0 Å². The van der Waals surface area contributed by atoms with Crippen molar-refractivity contribution in [3.05, 3.63) is 12.7 Å². The summed E-state index contributed by atoms with van der Waals surface area (Å²) < 4.78 is 0.667. The Bertz CT molecular complexity index is 463. The van der Waals surface area contributed by atoms with Crippen LogP contribution < -0.4 is 16.0 Å². The van der Waals surface area contributed by atoms with Crippen molar-refractivity contribution in [2.24, 2.45) is 0 Å². The molecule has 1 aromatic rings. The Morgan fingerprint density at radius 1 is 1.45 bits per heavy atom. The molecule has 0 saturated carbocycles. The van der Waals surface area contributed by atoms with Crippen molar-refractivity contribution in [1.29, 1.82) is 0 Å². The van der Waals surface area contributed by atoms with E-state index in [-0.39, 0.29) is 11.7 Å². The summed E-state index contributed by atoms with van der Waals surface area (Å²) in [6.45, 7) is 6.68. The molecule has 0 spiro atoms. The molecule has 7 nitrogen and oxygen atoms in total. The van der Waals surface area contributed by atoms with Crippen molar-refractivity contribution in [2.75, 3.05) is 24.2 Å². The van der Waals surface area contributed by atoms with Gasteiger partial charge in [0.1, 0.15) is 0 Å². The van der Waals surface area contributed by atoms with Crippen LogP contribution in [-0.2, 0) is 4.79 Å². The fourth-order valence-corrected chi connectivity index (χ4v) is 2.63. The van der Waals surface area contributed by atoms with E-state index in [0.29, 0.717) is 22.6 Å². The van der Waals surface area contributed by atoms with Crippen LogP contribution in [0.3, 0.4) is 0 Å². The van der Waals surface area contributed by atoms with E-state index >= 15 is 0 Å². The first-order valence-corrected chi connectivity index (χ1v) is 7.84. The number of rotatable bonds is 8. The van der Waals surface area contributed by atoms with Crippen LogP contribution in [0, 0.1) is 0 Å². The number of hydrogen-bond acceptors (Lipinski definition) is 7. The van der Waals surface area contributed by atoms with Gasteiger partial charge in [-0.3, -0.25) is 10.1 Å². The molecule has 0 atom stereocenters. The molecule has 20 heavy (non-hydrogen) atoms. The summed E-state index contributed by atoms with van der Waals surface area (Å²) in [5.74, 6) is -0.241. The standard InChI is InChI=1S/C11H17N5O2S2/c1-3-5-12-9(18)14-8(17)7-19-11-16-15-10(20-11)13-6-4-2/h4H,2-3,5-7H2,1H3,(H,13,15)(H2,12,14,17,18). The molecule has 1 heterocycles. The van der Waals surface area contributed by atoms with Gasteiger partial charge in [-0.15, -0.1) is 16.8 Å². The minimum absolute atomic E-state index is 0.121. The van der Waals surface area contributed by atoms with Crippen LogP contribution in [0.15, 0.2) is 17.0 Å². The lowest BCUT2D eigenvalue weighted by atomic mass is 10.5. The molecule has 0 radical (unpaired) electrons. The fraction of sp³-hybridized carbons (Fsp3) is 0.455. The van der Waals surface area contributed by atoms with Crippen LogP contribution in [0.1, 0.15) is 13.3 Å². The number of urea groups is 1. The Morgan fingerprint density at radius 3 is 2.95 bits per heavy atom. The van der Waals surface area contributed by atoms with Gasteiger partial charge in [0.05, 0.1) is 5.75 Å². The second kappa shape index (κ2) is 9.32. The van der Waals surface area contributed by atoms with Gasteiger partial charge in [-0.2, -0.15) is 0 Å². The van der Waals surface area contributed by atoms with Crippen molar-refractivity contribution in [3.8, 4) is 0 Å². The first-order valence-electron chi connectivity index (χ1n) is 6.04. The maximum absolute atomic E-state index is 11.5. The third kappa shape index (κ3) is 6.53. The molecule has 0 bridgehead atoms. The average molecular weight is 315 g/mol. The summed E-state index contributed by atoms with van der Waals surface area (Å²) in [5.41, 5.74) is 0. The van der Waals surface area contributed by atoms with Gasteiger partial charge < -0.3 is 10.6 Å². The van der Waals surface area contributed by atoms with Crippen LogP contribution in [0.5, 0.6) is 0 Å². The van der Waals surface area contributed by atoms with E-state index in [9.17, 15) is 9.59 Å². The highest BCUT2D eigenvalue weighted by molar-refractivity contribution is 8.01. The molecule has 110 valence electrons. The number of anilines is 1. The smallest absolute Gasteiger partial charge is 0.321 e. The lowest BCUT2D eigenvalue weighted by Crippen LogP contribution is -2.40. The number of hydrogen-bond donors (Lipinski definition) is 3. The summed E-state index contributed by atoms with van der Waals surface area (Å²) in [4.78, 5) is 22.8. The lowest BCUT2D eigenvalue weighted by Gasteiger charge is -2.04. The van der Waals surface area contributed by atoms with Gasteiger partial charge in [-0.05, 0) is 6.42 Å². The van der Waals surface area contributed by atoms with Gasteiger partial charge >= 0.3 is 6.03 Å². The molecule has 0 aromatic carbocycles. The quantitative estimate of drug-likeness (QED) is 0.496. The van der Waals surface area contributed by atoms with Crippen LogP contribution in [0.4, 0.5) is 9.93 Å². The van der Waals surface area contributed by atoms with Gasteiger partial charge in [0.2, 0.25) is 11.0 Å². The second-order valence-corrected chi connectivity index (χ2v) is 5.84. The number of nitrogens with zero attached hydrogens (tertiary/aromatic N) is 2. The third-order valence-electron chi connectivity index (χ3n) is 1.92. The van der Waals surface area contributed by atoms with Crippen molar-refractivity contribution in [3.63, 3.8) is 0 Å². The molecule has 3 amide bonds. The number of thioether (sulfide) groups is 1. The largest absolute Gasteiger partial charge is 0.357 e. The SMILES string of the molecule is C=CCNc1nnc(SCC(=O)NC(=O)NCCC)s1. The van der Waals surface area contributed by atoms with Gasteiger partial charge in [0.25, 0.3) is 0 Å². The zero-order valence-corrected chi connectivity index (χ0v) is 12.8. The highest BCUT2D eigenvalue weighted by atomic mass is 32.2. The maximum Gasteiger partial charge on any atom is 0.321 e. The molecule has 0 saturated heterocycles. The van der Waals surface area contributed by atoms with Gasteiger partial charge in [0, 0.05) is 13.1 Å². The molecule has 0 aliphatic rings. The number of aromatic nitrogens is 2. The maximum atomic E-state index is 11.5. The molecule has 3 N–H and O–H groups in total. The zero-order valence-electron chi connectivity index (χ0n) is 11.1. The molecular weight excluding hydrogens is 298 g/mol. The highest BCUT2D eigenvalue weighted by Crippen LogP contribution is 2.24. The number of imide groups is 1. The predicted octanol–water partition coefficient (Wildman–Crippen LogP) is 1.46. The van der Waals surface area contributed by atoms with Crippen LogP contribution in [0.25, 0.3) is 0 Å². The summed E-state index contributed by atoms with van der Waals surface area (Å²) in [5, 5.41) is 16.3. The molecule has 9 heteroatoms. The number of nitrogens with one attached hydrogen (secondary N) is 3. The summed E-state index contributed by atoms with van der Waals surface area (Å²) in [6.07, 6.45) is 2.54. The predicted molar refractivity (Wildman–Crippen MR) is 81.2 cm³/mol. The molecule has 1 aromatic heterocycles. The molecule has 0 aliphatic heterocycles. The van der Waals surface area contributed by atoms with E-state index in [2.05, 4.69) is 32.7 Å². The molecule has 0 aliphatic carbocycles. The van der Waals surface area contributed by atoms with Crippen molar-refractivity contribution in [1.82, 2.24) is 20.8 Å². The minimum atomic E-state index is -0.469.